The second-order valence-electron chi connectivity index (χ2n) is 6.76. The van der Waals surface area contributed by atoms with Crippen molar-refractivity contribution >= 4 is 26.6 Å². The number of anilines is 1. The first kappa shape index (κ1) is 17.8. The van der Waals surface area contributed by atoms with E-state index in [1.807, 2.05) is 10.6 Å². The van der Waals surface area contributed by atoms with Crippen molar-refractivity contribution in [1.82, 2.24) is 24.3 Å². The number of fused-ring (bicyclic) bond motifs is 2. The van der Waals surface area contributed by atoms with Crippen LogP contribution in [0.25, 0.3) is 22.3 Å². The van der Waals surface area contributed by atoms with E-state index in [-0.39, 0.29) is 4.90 Å². The quantitative estimate of drug-likeness (QED) is 0.553. The van der Waals surface area contributed by atoms with Gasteiger partial charge in [0.2, 0.25) is 0 Å². The number of benzene rings is 1. The van der Waals surface area contributed by atoms with Crippen molar-refractivity contribution in [3.05, 3.63) is 54.7 Å². The third-order valence-electron chi connectivity index (χ3n) is 4.94. The summed E-state index contributed by atoms with van der Waals surface area (Å²) >= 11 is 0. The van der Waals surface area contributed by atoms with Gasteiger partial charge < -0.3 is 9.30 Å². The molecule has 0 fully saturated rings. The normalized spacial score (nSPS) is 14.1. The van der Waals surface area contributed by atoms with Gasteiger partial charge in [0, 0.05) is 25.2 Å². The molecule has 4 heterocycles. The van der Waals surface area contributed by atoms with Gasteiger partial charge in [-0.1, -0.05) is 12.1 Å². The van der Waals surface area contributed by atoms with Crippen LogP contribution in [-0.4, -0.2) is 39.3 Å². The fourth-order valence-electron chi connectivity index (χ4n) is 3.51. The highest BCUT2D eigenvalue weighted by molar-refractivity contribution is 7.92. The van der Waals surface area contributed by atoms with E-state index < -0.39 is 10.0 Å². The number of ether oxygens (including phenoxy) is 1. The summed E-state index contributed by atoms with van der Waals surface area (Å²) in [5.41, 5.74) is 2.70. The third kappa shape index (κ3) is 3.06. The maximum atomic E-state index is 12.9. The average molecular weight is 410 g/mol. The highest BCUT2D eigenvalue weighted by atomic mass is 32.2. The zero-order valence-electron chi connectivity index (χ0n) is 15.6. The molecular weight excluding hydrogens is 392 g/mol. The molecule has 1 N–H and O–H groups in total. The molecule has 1 aromatic carbocycles. The van der Waals surface area contributed by atoms with Crippen LogP contribution in [0.15, 0.2) is 53.8 Å². The van der Waals surface area contributed by atoms with Gasteiger partial charge in [-0.3, -0.25) is 14.4 Å². The highest BCUT2D eigenvalue weighted by Gasteiger charge is 2.20. The fourth-order valence-corrected chi connectivity index (χ4v) is 4.52. The summed E-state index contributed by atoms with van der Waals surface area (Å²) in [6, 6.07) is 8.62. The molecular formula is C19H18N6O3S. The second kappa shape index (κ2) is 6.68. The van der Waals surface area contributed by atoms with Gasteiger partial charge in [-0.2, -0.15) is 5.10 Å². The number of aryl methyl sites for hydroxylation is 1. The smallest absolute Gasteiger partial charge is 0.263 e. The predicted octanol–water partition coefficient (Wildman–Crippen LogP) is 2.16. The van der Waals surface area contributed by atoms with Gasteiger partial charge in [-0.05, 0) is 18.2 Å². The lowest BCUT2D eigenvalue weighted by molar-refractivity contribution is 0.0821. The maximum absolute atomic E-state index is 12.9. The standard InChI is InChI=1S/C19H18N6O3S/c1-24-19-13(9-22-24)3-2-4-16(19)23-29(26,27)14-5-6-15(20-10-14)17-11-21-18-12-28-8-7-25(17)18/h2-6,9-11,23H,7-8,12H2,1H3. The SMILES string of the molecule is Cn1ncc2cccc(NS(=O)(=O)c3ccc(-c4cnc5n4CCOC5)nc3)c21. The summed E-state index contributed by atoms with van der Waals surface area (Å²) in [5, 5.41) is 5.04. The third-order valence-corrected chi connectivity index (χ3v) is 6.29. The lowest BCUT2D eigenvalue weighted by Gasteiger charge is -2.16. The number of imidazole rings is 1. The summed E-state index contributed by atoms with van der Waals surface area (Å²) in [7, 11) is -2.03. The Balaban J connectivity index is 1.46. The van der Waals surface area contributed by atoms with E-state index in [0.29, 0.717) is 36.7 Å². The largest absolute Gasteiger partial charge is 0.372 e. The zero-order chi connectivity index (χ0) is 20.0. The first-order valence-electron chi connectivity index (χ1n) is 9.05. The van der Waals surface area contributed by atoms with Gasteiger partial charge in [0.25, 0.3) is 10.0 Å². The Morgan fingerprint density at radius 3 is 2.83 bits per heavy atom. The van der Waals surface area contributed by atoms with E-state index in [1.54, 1.807) is 48.4 Å². The molecule has 0 saturated carbocycles. The molecule has 1 aliphatic heterocycles. The molecule has 3 aromatic heterocycles. The Hall–Kier alpha value is -3.24. The van der Waals surface area contributed by atoms with E-state index >= 15 is 0 Å². The van der Waals surface area contributed by atoms with Crippen molar-refractivity contribution in [2.45, 2.75) is 18.0 Å². The van der Waals surface area contributed by atoms with Crippen LogP contribution in [0.5, 0.6) is 0 Å². The van der Waals surface area contributed by atoms with Gasteiger partial charge in [-0.25, -0.2) is 13.4 Å². The molecule has 10 heteroatoms. The minimum Gasteiger partial charge on any atom is -0.372 e. The predicted molar refractivity (Wildman–Crippen MR) is 107 cm³/mol. The van der Waals surface area contributed by atoms with Crippen LogP contribution < -0.4 is 4.72 Å². The Bertz CT molecular complexity index is 1310. The number of rotatable bonds is 4. The van der Waals surface area contributed by atoms with Crippen LogP contribution in [0.3, 0.4) is 0 Å². The molecule has 29 heavy (non-hydrogen) atoms. The topological polar surface area (TPSA) is 104 Å². The molecule has 0 aliphatic carbocycles. The van der Waals surface area contributed by atoms with Gasteiger partial charge in [-0.15, -0.1) is 0 Å². The van der Waals surface area contributed by atoms with Crippen LogP contribution in [0.4, 0.5) is 5.69 Å². The van der Waals surface area contributed by atoms with Crippen molar-refractivity contribution in [3.8, 4) is 11.4 Å². The number of hydrogen-bond donors (Lipinski definition) is 1. The molecule has 1 aliphatic rings. The van der Waals surface area contributed by atoms with Crippen molar-refractivity contribution in [1.29, 1.82) is 0 Å². The van der Waals surface area contributed by atoms with E-state index in [4.69, 9.17) is 4.74 Å². The molecule has 0 bridgehead atoms. The Morgan fingerprint density at radius 2 is 2.00 bits per heavy atom. The number of nitrogens with zero attached hydrogens (tertiary/aromatic N) is 5. The van der Waals surface area contributed by atoms with E-state index in [0.717, 1.165) is 16.9 Å². The van der Waals surface area contributed by atoms with Crippen LogP contribution >= 0.6 is 0 Å². The van der Waals surface area contributed by atoms with E-state index in [9.17, 15) is 8.42 Å². The van der Waals surface area contributed by atoms with E-state index in [2.05, 4.69) is 19.8 Å². The maximum Gasteiger partial charge on any atom is 0.263 e. The lowest BCUT2D eigenvalue weighted by atomic mass is 10.2. The zero-order valence-corrected chi connectivity index (χ0v) is 16.4. The Morgan fingerprint density at radius 1 is 1.10 bits per heavy atom. The molecule has 9 nitrogen and oxygen atoms in total. The molecule has 0 radical (unpaired) electrons. The molecule has 0 amide bonds. The molecule has 0 unspecified atom stereocenters. The van der Waals surface area contributed by atoms with Crippen molar-refractivity contribution in [2.24, 2.45) is 7.05 Å². The molecule has 4 aromatic rings. The summed E-state index contributed by atoms with van der Waals surface area (Å²) in [6.07, 6.45) is 4.79. The molecule has 5 rings (SSSR count). The number of pyridine rings is 1. The Labute approximate surface area is 167 Å². The summed E-state index contributed by atoms with van der Waals surface area (Å²) in [4.78, 5) is 8.81. The minimum absolute atomic E-state index is 0.0853. The first-order valence-corrected chi connectivity index (χ1v) is 10.5. The van der Waals surface area contributed by atoms with E-state index in [1.165, 1.54) is 6.20 Å². The van der Waals surface area contributed by atoms with Crippen molar-refractivity contribution in [2.75, 3.05) is 11.3 Å². The lowest BCUT2D eigenvalue weighted by Crippen LogP contribution is -2.17. The Kier molecular flexibility index (Phi) is 4.10. The number of aromatic nitrogens is 5. The van der Waals surface area contributed by atoms with Crippen molar-refractivity contribution in [3.63, 3.8) is 0 Å². The molecule has 148 valence electrons. The number of para-hydroxylation sites is 1. The summed E-state index contributed by atoms with van der Waals surface area (Å²) in [6.45, 7) is 1.78. The average Bonchev–Trinajstić information content (AvgIpc) is 3.32. The molecule has 0 spiro atoms. The monoisotopic (exact) mass is 410 g/mol. The van der Waals surface area contributed by atoms with Crippen LogP contribution in [0.1, 0.15) is 5.82 Å². The van der Waals surface area contributed by atoms with Crippen molar-refractivity contribution < 1.29 is 13.2 Å². The highest BCUT2D eigenvalue weighted by Crippen LogP contribution is 2.26. The van der Waals surface area contributed by atoms with Crippen LogP contribution in [0, 0.1) is 0 Å². The number of hydrogen-bond acceptors (Lipinski definition) is 6. The summed E-state index contributed by atoms with van der Waals surface area (Å²) in [5.74, 6) is 0.843. The first-order chi connectivity index (χ1) is 14.0. The van der Waals surface area contributed by atoms with Crippen LogP contribution in [-0.2, 0) is 35.0 Å². The number of nitrogens with one attached hydrogen (secondary N) is 1. The number of sulfonamides is 1. The van der Waals surface area contributed by atoms with Gasteiger partial charge >= 0.3 is 0 Å². The van der Waals surface area contributed by atoms with Gasteiger partial charge in [0.05, 0.1) is 41.6 Å². The summed E-state index contributed by atoms with van der Waals surface area (Å²) < 4.78 is 37.5. The molecule has 0 saturated heterocycles. The van der Waals surface area contributed by atoms with Gasteiger partial charge in [0.1, 0.15) is 17.3 Å². The van der Waals surface area contributed by atoms with Gasteiger partial charge in [0.15, 0.2) is 0 Å². The second-order valence-corrected chi connectivity index (χ2v) is 8.44. The van der Waals surface area contributed by atoms with Crippen LogP contribution in [0.2, 0.25) is 0 Å². The fraction of sp³-hybridized carbons (Fsp3) is 0.211. The molecule has 0 atom stereocenters. The minimum atomic E-state index is -3.80.